The van der Waals surface area contributed by atoms with Crippen molar-refractivity contribution in [1.82, 2.24) is 0 Å². The molecule has 1 atom stereocenters. The Kier molecular flexibility index (Phi) is 4.05. The molecule has 0 fully saturated rings. The van der Waals surface area contributed by atoms with Crippen LogP contribution in [0.5, 0.6) is 0 Å². The van der Waals surface area contributed by atoms with Crippen LogP contribution in [-0.4, -0.2) is 0 Å². The molecule has 0 aliphatic heterocycles. The number of thiophene rings is 2. The number of nitrogens with one attached hydrogen (secondary N) is 1. The van der Waals surface area contributed by atoms with E-state index in [0.717, 1.165) is 14.9 Å². The van der Waals surface area contributed by atoms with Crippen molar-refractivity contribution in [1.29, 1.82) is 0 Å². The molecule has 1 nitrogen and oxygen atoms in total. The third-order valence-electron chi connectivity index (χ3n) is 2.84. The fraction of sp³-hybridized carbons (Fsp3) is 0.0667. The lowest BCUT2D eigenvalue weighted by molar-refractivity contribution is 0.628. The van der Waals surface area contributed by atoms with Gasteiger partial charge in [-0.2, -0.15) is 0 Å². The molecule has 1 N–H and O–H groups in total. The van der Waals surface area contributed by atoms with Crippen LogP contribution >= 0.6 is 34.3 Å². The van der Waals surface area contributed by atoms with Crippen molar-refractivity contribution in [2.75, 3.05) is 5.32 Å². The van der Waals surface area contributed by atoms with Gasteiger partial charge in [-0.25, -0.2) is 4.39 Å². The van der Waals surface area contributed by atoms with Gasteiger partial charge in [0.25, 0.3) is 0 Å². The van der Waals surface area contributed by atoms with Gasteiger partial charge in [-0.1, -0.05) is 23.7 Å². The average Bonchev–Trinajstić information content (AvgIpc) is 3.07. The second-order valence-corrected chi connectivity index (χ2v) is 6.97. The Hall–Kier alpha value is -1.36. The molecule has 0 aliphatic carbocycles. The fourth-order valence-electron chi connectivity index (χ4n) is 1.97. The molecule has 3 rings (SSSR count). The largest absolute Gasteiger partial charge is 0.373 e. The topological polar surface area (TPSA) is 12.0 Å². The molecule has 5 heteroatoms. The molecule has 0 bridgehead atoms. The maximum absolute atomic E-state index is 13.3. The van der Waals surface area contributed by atoms with Gasteiger partial charge in [-0.15, -0.1) is 22.7 Å². The number of hydrogen-bond donors (Lipinski definition) is 1. The number of hydrogen-bond acceptors (Lipinski definition) is 3. The second-order valence-electron chi connectivity index (χ2n) is 4.24. The van der Waals surface area contributed by atoms with E-state index in [2.05, 4.69) is 11.4 Å². The van der Waals surface area contributed by atoms with Crippen LogP contribution in [0.3, 0.4) is 0 Å². The Bertz CT molecular complexity index is 693. The van der Waals surface area contributed by atoms with Gasteiger partial charge in [-0.3, -0.25) is 0 Å². The van der Waals surface area contributed by atoms with Gasteiger partial charge >= 0.3 is 0 Å². The van der Waals surface area contributed by atoms with Crippen molar-refractivity contribution in [3.63, 3.8) is 0 Å². The van der Waals surface area contributed by atoms with Crippen molar-refractivity contribution in [2.24, 2.45) is 0 Å². The quantitative estimate of drug-likeness (QED) is 0.639. The maximum atomic E-state index is 13.3. The zero-order valence-corrected chi connectivity index (χ0v) is 12.7. The van der Waals surface area contributed by atoms with Crippen LogP contribution in [0.15, 0.2) is 53.9 Å². The molecule has 0 saturated heterocycles. The summed E-state index contributed by atoms with van der Waals surface area (Å²) < 4.78 is 14.1. The van der Waals surface area contributed by atoms with Crippen LogP contribution < -0.4 is 5.32 Å². The zero-order valence-electron chi connectivity index (χ0n) is 10.3. The van der Waals surface area contributed by atoms with Crippen molar-refractivity contribution in [3.8, 4) is 0 Å². The van der Waals surface area contributed by atoms with Crippen LogP contribution in [0.2, 0.25) is 4.34 Å². The Morgan fingerprint density at radius 1 is 1.05 bits per heavy atom. The summed E-state index contributed by atoms with van der Waals surface area (Å²) in [7, 11) is 0. The summed E-state index contributed by atoms with van der Waals surface area (Å²) in [6, 6.07) is 14.4. The first-order valence-electron chi connectivity index (χ1n) is 6.03. The summed E-state index contributed by atoms with van der Waals surface area (Å²) in [5.41, 5.74) is 0.757. The molecule has 1 unspecified atom stereocenters. The minimum atomic E-state index is -0.246. The van der Waals surface area contributed by atoms with Crippen LogP contribution in [0, 0.1) is 5.82 Å². The van der Waals surface area contributed by atoms with Gasteiger partial charge in [0, 0.05) is 15.4 Å². The molecule has 1 aromatic carbocycles. The van der Waals surface area contributed by atoms with E-state index in [-0.39, 0.29) is 11.9 Å². The third-order valence-corrected chi connectivity index (χ3v) is 5.08. The van der Waals surface area contributed by atoms with E-state index in [1.807, 2.05) is 29.6 Å². The highest BCUT2D eigenvalue weighted by Gasteiger charge is 2.17. The first kappa shape index (κ1) is 13.6. The van der Waals surface area contributed by atoms with E-state index in [9.17, 15) is 4.39 Å². The summed E-state index contributed by atoms with van der Waals surface area (Å²) in [6.45, 7) is 0. The molecule has 0 radical (unpaired) electrons. The van der Waals surface area contributed by atoms with Gasteiger partial charge in [0.2, 0.25) is 0 Å². The molecular weight excluding hydrogens is 313 g/mol. The van der Waals surface area contributed by atoms with Gasteiger partial charge < -0.3 is 5.32 Å². The van der Waals surface area contributed by atoms with E-state index in [0.29, 0.717) is 0 Å². The summed E-state index contributed by atoms with van der Waals surface area (Å²) in [5, 5.41) is 5.41. The molecule has 2 heterocycles. The zero-order chi connectivity index (χ0) is 13.9. The van der Waals surface area contributed by atoms with Crippen molar-refractivity contribution >= 4 is 40.0 Å². The van der Waals surface area contributed by atoms with Crippen molar-refractivity contribution < 1.29 is 4.39 Å². The number of rotatable bonds is 4. The van der Waals surface area contributed by atoms with Gasteiger partial charge in [-0.05, 0) is 41.8 Å². The summed E-state index contributed by atoms with van der Waals surface area (Å²) >= 11 is 9.23. The first-order chi connectivity index (χ1) is 9.72. The monoisotopic (exact) mass is 323 g/mol. The number of benzene rings is 1. The highest BCUT2D eigenvalue weighted by Crippen LogP contribution is 2.35. The number of anilines is 1. The predicted molar refractivity (Wildman–Crippen MR) is 85.5 cm³/mol. The smallest absolute Gasteiger partial charge is 0.125 e. The predicted octanol–water partition coefficient (Wildman–Crippen LogP) is 5.80. The first-order valence-corrected chi connectivity index (χ1v) is 8.10. The molecule has 20 heavy (non-hydrogen) atoms. The Labute approximate surface area is 129 Å². The van der Waals surface area contributed by atoms with Gasteiger partial charge in [0.1, 0.15) is 5.82 Å². The summed E-state index contributed by atoms with van der Waals surface area (Å²) in [5.74, 6) is -0.246. The molecule has 2 aromatic heterocycles. The Balaban J connectivity index is 1.94. The van der Waals surface area contributed by atoms with E-state index in [4.69, 9.17) is 11.6 Å². The lowest BCUT2D eigenvalue weighted by atomic mass is 10.2. The highest BCUT2D eigenvalue weighted by atomic mass is 35.5. The van der Waals surface area contributed by atoms with Crippen LogP contribution in [0.4, 0.5) is 10.1 Å². The molecule has 3 aromatic rings. The van der Waals surface area contributed by atoms with E-state index < -0.39 is 0 Å². The van der Waals surface area contributed by atoms with Crippen LogP contribution in [0.25, 0.3) is 0 Å². The SMILES string of the molecule is Fc1cccc(NC(c2cccs2)c2ccc(Cl)s2)c1. The lowest BCUT2D eigenvalue weighted by Gasteiger charge is -2.17. The summed E-state index contributed by atoms with van der Waals surface area (Å²) in [4.78, 5) is 2.29. The van der Waals surface area contributed by atoms with Gasteiger partial charge in [0.15, 0.2) is 0 Å². The Morgan fingerprint density at radius 2 is 1.95 bits per heavy atom. The van der Waals surface area contributed by atoms with Crippen LogP contribution in [0.1, 0.15) is 15.8 Å². The molecule has 0 amide bonds. The lowest BCUT2D eigenvalue weighted by Crippen LogP contribution is -2.09. The number of halogens is 2. The Morgan fingerprint density at radius 3 is 2.60 bits per heavy atom. The third kappa shape index (κ3) is 3.03. The second kappa shape index (κ2) is 5.95. The summed E-state index contributed by atoms with van der Waals surface area (Å²) in [6.07, 6.45) is 0. The van der Waals surface area contributed by atoms with Gasteiger partial charge in [0.05, 0.1) is 10.4 Å². The van der Waals surface area contributed by atoms with E-state index in [1.165, 1.54) is 28.3 Å². The van der Waals surface area contributed by atoms with Crippen molar-refractivity contribution in [3.05, 3.63) is 73.8 Å². The minimum Gasteiger partial charge on any atom is -0.373 e. The standard InChI is InChI=1S/C15H11ClFNS2/c16-14-7-6-13(20-14)15(12-5-2-8-19-12)18-11-4-1-3-10(17)9-11/h1-9,15,18H. The molecular formula is C15H11ClFNS2. The van der Waals surface area contributed by atoms with Crippen LogP contribution in [-0.2, 0) is 0 Å². The highest BCUT2D eigenvalue weighted by molar-refractivity contribution is 7.16. The molecule has 0 spiro atoms. The molecule has 0 aliphatic rings. The average molecular weight is 324 g/mol. The van der Waals surface area contributed by atoms with E-state index >= 15 is 0 Å². The molecule has 102 valence electrons. The minimum absolute atomic E-state index is 0.00528. The normalized spacial score (nSPS) is 12.3. The van der Waals surface area contributed by atoms with Crippen molar-refractivity contribution in [2.45, 2.75) is 6.04 Å². The van der Waals surface area contributed by atoms with E-state index in [1.54, 1.807) is 17.4 Å². The fourth-order valence-corrected chi connectivity index (χ4v) is 3.97. The maximum Gasteiger partial charge on any atom is 0.125 e. The molecule has 0 saturated carbocycles.